The second-order valence-corrected chi connectivity index (χ2v) is 5.47. The maximum absolute atomic E-state index is 12.2. The Morgan fingerprint density at radius 2 is 1.95 bits per heavy atom. The molecule has 21 heavy (non-hydrogen) atoms. The van der Waals surface area contributed by atoms with Crippen molar-refractivity contribution in [2.75, 3.05) is 17.7 Å². The van der Waals surface area contributed by atoms with E-state index in [1.807, 2.05) is 12.1 Å². The largest absolute Gasteiger partial charge is 0.494 e. The van der Waals surface area contributed by atoms with Gasteiger partial charge in [-0.15, -0.1) is 0 Å². The van der Waals surface area contributed by atoms with Gasteiger partial charge in [0, 0.05) is 15.8 Å². The molecule has 0 bridgehead atoms. The molecule has 0 fully saturated rings. The second-order valence-electron chi connectivity index (χ2n) is 4.56. The van der Waals surface area contributed by atoms with Crippen molar-refractivity contribution in [3.63, 3.8) is 0 Å². The number of carbonyl (C=O) groups excluding carboxylic acids is 1. The fraction of sp³-hybridized carbons (Fsp3) is 0.188. The van der Waals surface area contributed by atoms with Crippen molar-refractivity contribution in [2.24, 2.45) is 0 Å². The fourth-order valence-corrected chi connectivity index (χ4v) is 2.14. The monoisotopic (exact) mass is 348 g/mol. The molecule has 2 aromatic rings. The first-order chi connectivity index (χ1) is 10.1. The van der Waals surface area contributed by atoms with Gasteiger partial charge in [0.05, 0.1) is 12.2 Å². The summed E-state index contributed by atoms with van der Waals surface area (Å²) in [6.45, 7) is 2.73. The van der Waals surface area contributed by atoms with Gasteiger partial charge in [0.15, 0.2) is 0 Å². The summed E-state index contributed by atoms with van der Waals surface area (Å²) in [7, 11) is 0. The van der Waals surface area contributed by atoms with E-state index in [1.165, 1.54) is 0 Å². The zero-order valence-corrected chi connectivity index (χ0v) is 13.3. The van der Waals surface area contributed by atoms with Crippen molar-refractivity contribution < 1.29 is 9.53 Å². The summed E-state index contributed by atoms with van der Waals surface area (Å²) < 4.78 is 6.31. The first-order valence-corrected chi connectivity index (χ1v) is 7.48. The Hall–Kier alpha value is -2.01. The van der Waals surface area contributed by atoms with Gasteiger partial charge in [0.1, 0.15) is 5.75 Å². The molecule has 0 saturated heterocycles. The molecule has 2 rings (SSSR count). The van der Waals surface area contributed by atoms with Gasteiger partial charge in [-0.05, 0) is 48.9 Å². The third-order valence-electron chi connectivity index (χ3n) is 2.85. The molecule has 0 radical (unpaired) electrons. The number of anilines is 2. The molecule has 0 aliphatic heterocycles. The summed E-state index contributed by atoms with van der Waals surface area (Å²) in [6, 6.07) is 12.5. The number of nitrogens with two attached hydrogens (primary N) is 1. The first kappa shape index (κ1) is 15.4. The normalized spacial score (nSPS) is 10.2. The van der Waals surface area contributed by atoms with Crippen LogP contribution in [0.1, 0.15) is 23.7 Å². The molecule has 0 heterocycles. The maximum atomic E-state index is 12.2. The van der Waals surface area contributed by atoms with E-state index in [9.17, 15) is 4.79 Å². The van der Waals surface area contributed by atoms with Crippen LogP contribution >= 0.6 is 15.9 Å². The van der Waals surface area contributed by atoms with E-state index in [0.29, 0.717) is 23.5 Å². The van der Waals surface area contributed by atoms with Gasteiger partial charge < -0.3 is 15.8 Å². The van der Waals surface area contributed by atoms with Crippen LogP contribution in [-0.2, 0) is 0 Å². The van der Waals surface area contributed by atoms with Gasteiger partial charge in [0.2, 0.25) is 0 Å². The molecule has 0 atom stereocenters. The molecule has 3 N–H and O–H groups in total. The highest BCUT2D eigenvalue weighted by Gasteiger charge is 2.10. The minimum atomic E-state index is -0.240. The lowest BCUT2D eigenvalue weighted by atomic mass is 10.1. The first-order valence-electron chi connectivity index (χ1n) is 6.69. The quantitative estimate of drug-likeness (QED) is 0.800. The molecule has 0 aliphatic carbocycles. The molecule has 5 heteroatoms. The Kier molecular flexibility index (Phi) is 5.22. The molecule has 0 aliphatic rings. The van der Waals surface area contributed by atoms with E-state index in [4.69, 9.17) is 10.5 Å². The number of carbonyl (C=O) groups is 1. The fourth-order valence-electron chi connectivity index (χ4n) is 1.78. The Balaban J connectivity index is 2.07. The van der Waals surface area contributed by atoms with Crippen molar-refractivity contribution in [1.29, 1.82) is 0 Å². The van der Waals surface area contributed by atoms with Gasteiger partial charge in [-0.2, -0.15) is 0 Å². The highest BCUT2D eigenvalue weighted by atomic mass is 79.9. The van der Waals surface area contributed by atoms with Crippen molar-refractivity contribution in [3.8, 4) is 5.75 Å². The SMILES string of the molecule is CCCOc1ccc(NC(=O)c2cc(Br)ccc2N)cc1. The smallest absolute Gasteiger partial charge is 0.257 e. The lowest BCUT2D eigenvalue weighted by molar-refractivity contribution is 0.102. The van der Waals surface area contributed by atoms with Gasteiger partial charge in [0.25, 0.3) is 5.91 Å². The number of hydrogen-bond acceptors (Lipinski definition) is 3. The number of amides is 1. The highest BCUT2D eigenvalue weighted by molar-refractivity contribution is 9.10. The zero-order valence-electron chi connectivity index (χ0n) is 11.7. The summed E-state index contributed by atoms with van der Waals surface area (Å²) in [5, 5.41) is 2.81. The van der Waals surface area contributed by atoms with Crippen LogP contribution in [-0.4, -0.2) is 12.5 Å². The minimum Gasteiger partial charge on any atom is -0.494 e. The van der Waals surface area contributed by atoms with E-state index >= 15 is 0 Å². The Morgan fingerprint density at radius 3 is 2.62 bits per heavy atom. The minimum absolute atomic E-state index is 0.240. The van der Waals surface area contributed by atoms with Crippen LogP contribution in [0.2, 0.25) is 0 Å². The third kappa shape index (κ3) is 4.23. The van der Waals surface area contributed by atoms with Crippen LogP contribution in [0.4, 0.5) is 11.4 Å². The molecule has 2 aromatic carbocycles. The van der Waals surface area contributed by atoms with Gasteiger partial charge >= 0.3 is 0 Å². The predicted molar refractivity (Wildman–Crippen MR) is 88.7 cm³/mol. The molecular weight excluding hydrogens is 332 g/mol. The lowest BCUT2D eigenvalue weighted by Crippen LogP contribution is -2.14. The number of benzene rings is 2. The van der Waals surface area contributed by atoms with Crippen LogP contribution < -0.4 is 15.8 Å². The molecule has 0 unspecified atom stereocenters. The summed E-state index contributed by atoms with van der Waals surface area (Å²) in [6.07, 6.45) is 0.959. The van der Waals surface area contributed by atoms with Crippen LogP contribution in [0.5, 0.6) is 5.75 Å². The van der Waals surface area contributed by atoms with Crippen LogP contribution in [0, 0.1) is 0 Å². The van der Waals surface area contributed by atoms with Crippen molar-refractivity contribution in [2.45, 2.75) is 13.3 Å². The van der Waals surface area contributed by atoms with Crippen molar-refractivity contribution in [1.82, 2.24) is 0 Å². The lowest BCUT2D eigenvalue weighted by Gasteiger charge is -2.09. The van der Waals surface area contributed by atoms with Crippen LogP contribution in [0.3, 0.4) is 0 Å². The standard InChI is InChI=1S/C16H17BrN2O2/c1-2-9-21-13-6-4-12(5-7-13)19-16(20)14-10-11(17)3-8-15(14)18/h3-8,10H,2,9,18H2,1H3,(H,19,20). The number of hydrogen-bond donors (Lipinski definition) is 2. The van der Waals surface area contributed by atoms with Crippen molar-refractivity contribution >= 4 is 33.2 Å². The summed E-state index contributed by atoms with van der Waals surface area (Å²) in [4.78, 5) is 12.2. The number of nitrogens with one attached hydrogen (secondary N) is 1. The Labute approximate surface area is 132 Å². The third-order valence-corrected chi connectivity index (χ3v) is 3.34. The average Bonchev–Trinajstić information content (AvgIpc) is 2.49. The van der Waals surface area contributed by atoms with Crippen LogP contribution in [0.25, 0.3) is 0 Å². The molecule has 0 aromatic heterocycles. The molecule has 4 nitrogen and oxygen atoms in total. The molecule has 0 spiro atoms. The van der Waals surface area contributed by atoms with Gasteiger partial charge in [-0.3, -0.25) is 4.79 Å². The second kappa shape index (κ2) is 7.13. The topological polar surface area (TPSA) is 64.3 Å². The maximum Gasteiger partial charge on any atom is 0.257 e. The van der Waals surface area contributed by atoms with E-state index < -0.39 is 0 Å². The summed E-state index contributed by atoms with van der Waals surface area (Å²) in [5.74, 6) is 0.549. The van der Waals surface area contributed by atoms with Gasteiger partial charge in [-0.25, -0.2) is 0 Å². The molecular formula is C16H17BrN2O2. The van der Waals surface area contributed by atoms with Gasteiger partial charge in [-0.1, -0.05) is 22.9 Å². The van der Waals surface area contributed by atoms with E-state index in [-0.39, 0.29) is 5.91 Å². The van der Waals surface area contributed by atoms with E-state index in [2.05, 4.69) is 28.2 Å². The zero-order chi connectivity index (χ0) is 15.2. The van der Waals surface area contributed by atoms with Crippen molar-refractivity contribution in [3.05, 3.63) is 52.5 Å². The summed E-state index contributed by atoms with van der Waals surface area (Å²) >= 11 is 3.33. The van der Waals surface area contributed by atoms with E-state index in [1.54, 1.807) is 30.3 Å². The van der Waals surface area contributed by atoms with E-state index in [0.717, 1.165) is 16.6 Å². The number of nitrogen functional groups attached to an aromatic ring is 1. The Morgan fingerprint density at radius 1 is 1.24 bits per heavy atom. The molecule has 0 saturated carbocycles. The number of rotatable bonds is 5. The average molecular weight is 349 g/mol. The number of ether oxygens (including phenoxy) is 1. The highest BCUT2D eigenvalue weighted by Crippen LogP contribution is 2.21. The molecule has 1 amide bonds. The Bertz CT molecular complexity index is 627. The number of halogens is 1. The summed E-state index contributed by atoms with van der Waals surface area (Å²) in [5.41, 5.74) is 7.40. The predicted octanol–water partition coefficient (Wildman–Crippen LogP) is 4.07. The van der Waals surface area contributed by atoms with Crippen LogP contribution in [0.15, 0.2) is 46.9 Å². The molecule has 110 valence electrons.